The van der Waals surface area contributed by atoms with Crippen molar-refractivity contribution >= 4 is 12.6 Å². The highest BCUT2D eigenvalue weighted by atomic mass is 16.1. The Morgan fingerprint density at radius 1 is 0.682 bits per heavy atom. The van der Waals surface area contributed by atoms with Crippen molar-refractivity contribution in [3.8, 4) is 0 Å². The summed E-state index contributed by atoms with van der Waals surface area (Å²) >= 11 is 0. The quantitative estimate of drug-likeness (QED) is 0.800. The van der Waals surface area contributed by atoms with Gasteiger partial charge in [0.2, 0.25) is 0 Å². The Hall–Kier alpha value is -0.700. The van der Waals surface area contributed by atoms with Gasteiger partial charge in [-0.05, 0) is 38.0 Å². The number of carbonyl (C=O) groups is 2. The van der Waals surface area contributed by atoms with E-state index < -0.39 is 0 Å². The first-order chi connectivity index (χ1) is 10.8. The SMILES string of the molecule is O=CC1CCCCCCC(C2CCCCCCC(C=O)N2)C1. The van der Waals surface area contributed by atoms with Crippen LogP contribution in [0.1, 0.15) is 83.5 Å². The van der Waals surface area contributed by atoms with Crippen LogP contribution in [0.2, 0.25) is 0 Å². The highest BCUT2D eigenvalue weighted by molar-refractivity contribution is 5.57. The van der Waals surface area contributed by atoms with Crippen LogP contribution >= 0.6 is 0 Å². The zero-order chi connectivity index (χ0) is 15.6. The van der Waals surface area contributed by atoms with Gasteiger partial charge in [-0.3, -0.25) is 0 Å². The number of aldehydes is 2. The van der Waals surface area contributed by atoms with Gasteiger partial charge >= 0.3 is 0 Å². The lowest BCUT2D eigenvalue weighted by atomic mass is 9.83. The summed E-state index contributed by atoms with van der Waals surface area (Å²) in [5.41, 5.74) is 0. The molecule has 0 aromatic carbocycles. The molecule has 0 amide bonds. The molecule has 0 bridgehead atoms. The number of hydrogen-bond donors (Lipinski definition) is 1. The van der Waals surface area contributed by atoms with Crippen LogP contribution in [0.25, 0.3) is 0 Å². The molecule has 0 spiro atoms. The fourth-order valence-corrected chi connectivity index (χ4v) is 4.28. The second-order valence-electron chi connectivity index (χ2n) is 7.39. The second-order valence-corrected chi connectivity index (χ2v) is 7.39. The van der Waals surface area contributed by atoms with Gasteiger partial charge < -0.3 is 14.9 Å². The molecule has 1 N–H and O–H groups in total. The minimum atomic E-state index is 0.0189. The van der Waals surface area contributed by atoms with E-state index in [4.69, 9.17) is 0 Å². The molecule has 0 aromatic heterocycles. The first kappa shape index (κ1) is 17.7. The highest BCUT2D eigenvalue weighted by Crippen LogP contribution is 2.30. The van der Waals surface area contributed by atoms with Crippen molar-refractivity contribution in [2.24, 2.45) is 11.8 Å². The predicted molar refractivity (Wildman–Crippen MR) is 89.8 cm³/mol. The van der Waals surface area contributed by atoms with Crippen LogP contribution in [0.5, 0.6) is 0 Å². The van der Waals surface area contributed by atoms with Crippen LogP contribution in [0.15, 0.2) is 0 Å². The average Bonchev–Trinajstić information content (AvgIpc) is 2.74. The summed E-state index contributed by atoms with van der Waals surface area (Å²) in [6.07, 6.45) is 17.7. The summed E-state index contributed by atoms with van der Waals surface area (Å²) in [5.74, 6) is 0.793. The van der Waals surface area contributed by atoms with Crippen molar-refractivity contribution in [2.75, 3.05) is 0 Å². The molecule has 4 unspecified atom stereocenters. The summed E-state index contributed by atoms with van der Waals surface area (Å²) in [5, 5.41) is 3.64. The van der Waals surface area contributed by atoms with E-state index in [1.807, 2.05) is 0 Å². The van der Waals surface area contributed by atoms with E-state index in [-0.39, 0.29) is 12.0 Å². The molecule has 1 aliphatic carbocycles. The first-order valence-electron chi connectivity index (χ1n) is 9.50. The minimum Gasteiger partial charge on any atom is -0.305 e. The zero-order valence-corrected chi connectivity index (χ0v) is 14.0. The van der Waals surface area contributed by atoms with E-state index in [9.17, 15) is 9.59 Å². The minimum absolute atomic E-state index is 0.0189. The molecule has 2 fully saturated rings. The van der Waals surface area contributed by atoms with Crippen LogP contribution in [0, 0.1) is 11.8 Å². The van der Waals surface area contributed by atoms with E-state index in [2.05, 4.69) is 5.32 Å². The lowest BCUT2D eigenvalue weighted by Gasteiger charge is -2.31. The van der Waals surface area contributed by atoms with Crippen molar-refractivity contribution in [2.45, 2.75) is 95.6 Å². The molecular weight excluding hydrogens is 274 g/mol. The standard InChI is InChI=1S/C19H33NO2/c21-14-16-9-5-1-2-6-10-17(13-16)19-12-8-4-3-7-11-18(15-22)20-19/h14-20H,1-13H2. The summed E-state index contributed by atoms with van der Waals surface area (Å²) in [4.78, 5) is 22.7. The van der Waals surface area contributed by atoms with E-state index in [1.165, 1.54) is 64.1 Å². The third-order valence-electron chi connectivity index (χ3n) is 5.64. The van der Waals surface area contributed by atoms with E-state index >= 15 is 0 Å². The Kier molecular flexibility index (Phi) is 8.14. The molecule has 2 rings (SSSR count). The maximum atomic E-state index is 11.4. The van der Waals surface area contributed by atoms with Gasteiger partial charge in [-0.1, -0.05) is 51.4 Å². The number of carbonyl (C=O) groups excluding carboxylic acids is 2. The largest absolute Gasteiger partial charge is 0.305 e. The van der Waals surface area contributed by atoms with Gasteiger partial charge in [-0.15, -0.1) is 0 Å². The fraction of sp³-hybridized carbons (Fsp3) is 0.895. The van der Waals surface area contributed by atoms with Gasteiger partial charge in [0.05, 0.1) is 6.04 Å². The molecule has 3 nitrogen and oxygen atoms in total. The number of hydrogen-bond acceptors (Lipinski definition) is 3. The van der Waals surface area contributed by atoms with Gasteiger partial charge in [-0.25, -0.2) is 0 Å². The van der Waals surface area contributed by atoms with Gasteiger partial charge in [0, 0.05) is 12.0 Å². The van der Waals surface area contributed by atoms with Crippen molar-refractivity contribution < 1.29 is 9.59 Å². The number of rotatable bonds is 3. The molecule has 1 aliphatic heterocycles. The maximum Gasteiger partial charge on any atom is 0.136 e. The Labute approximate surface area is 135 Å². The summed E-state index contributed by atoms with van der Waals surface area (Å²) in [6, 6.07) is 0.444. The molecule has 2 aliphatic rings. The number of nitrogens with one attached hydrogen (secondary N) is 1. The van der Waals surface area contributed by atoms with Gasteiger partial charge in [0.25, 0.3) is 0 Å². The Morgan fingerprint density at radius 2 is 1.32 bits per heavy atom. The summed E-state index contributed by atoms with van der Waals surface area (Å²) in [7, 11) is 0. The zero-order valence-electron chi connectivity index (χ0n) is 14.0. The smallest absolute Gasteiger partial charge is 0.136 e. The van der Waals surface area contributed by atoms with Gasteiger partial charge in [0.1, 0.15) is 12.6 Å². The predicted octanol–water partition coefficient (Wildman–Crippen LogP) is 4.04. The first-order valence-corrected chi connectivity index (χ1v) is 9.50. The van der Waals surface area contributed by atoms with Crippen LogP contribution in [0.4, 0.5) is 0 Å². The monoisotopic (exact) mass is 307 g/mol. The molecular formula is C19H33NO2. The van der Waals surface area contributed by atoms with E-state index in [0.29, 0.717) is 12.0 Å². The molecule has 1 saturated carbocycles. The average molecular weight is 307 g/mol. The van der Waals surface area contributed by atoms with Crippen LogP contribution in [0.3, 0.4) is 0 Å². The molecule has 22 heavy (non-hydrogen) atoms. The Morgan fingerprint density at radius 3 is 2.00 bits per heavy atom. The van der Waals surface area contributed by atoms with Crippen molar-refractivity contribution in [3.63, 3.8) is 0 Å². The Bertz CT molecular complexity index is 299. The lowest BCUT2D eigenvalue weighted by Crippen LogP contribution is -2.44. The molecule has 0 radical (unpaired) electrons. The second kappa shape index (κ2) is 10.1. The van der Waals surface area contributed by atoms with Crippen molar-refractivity contribution in [1.82, 2.24) is 5.32 Å². The van der Waals surface area contributed by atoms with Crippen molar-refractivity contribution in [3.05, 3.63) is 0 Å². The fourth-order valence-electron chi connectivity index (χ4n) is 4.28. The molecule has 1 heterocycles. The Balaban J connectivity index is 2.03. The van der Waals surface area contributed by atoms with Crippen LogP contribution < -0.4 is 5.32 Å². The molecule has 126 valence electrons. The van der Waals surface area contributed by atoms with Crippen LogP contribution in [-0.4, -0.2) is 24.7 Å². The topological polar surface area (TPSA) is 46.2 Å². The third-order valence-corrected chi connectivity index (χ3v) is 5.64. The highest BCUT2D eigenvalue weighted by Gasteiger charge is 2.27. The molecule has 0 aromatic rings. The van der Waals surface area contributed by atoms with E-state index in [1.54, 1.807) is 0 Å². The summed E-state index contributed by atoms with van der Waals surface area (Å²) < 4.78 is 0. The molecule has 3 heteroatoms. The molecule has 4 atom stereocenters. The summed E-state index contributed by atoms with van der Waals surface area (Å²) in [6.45, 7) is 0. The van der Waals surface area contributed by atoms with Gasteiger partial charge in [0.15, 0.2) is 0 Å². The van der Waals surface area contributed by atoms with Crippen molar-refractivity contribution in [1.29, 1.82) is 0 Å². The van der Waals surface area contributed by atoms with Crippen LogP contribution in [-0.2, 0) is 9.59 Å². The normalized spacial score (nSPS) is 35.8. The third kappa shape index (κ3) is 5.83. The lowest BCUT2D eigenvalue weighted by molar-refractivity contribution is -0.112. The van der Waals surface area contributed by atoms with E-state index in [0.717, 1.165) is 32.0 Å². The molecule has 1 saturated heterocycles. The van der Waals surface area contributed by atoms with Gasteiger partial charge in [-0.2, -0.15) is 0 Å². The maximum absolute atomic E-state index is 11.4.